The Morgan fingerprint density at radius 3 is 1.97 bits per heavy atom. The zero-order valence-corrected chi connectivity index (χ0v) is 19.9. The Balaban J connectivity index is 1.67. The minimum Gasteiger partial charge on any atom is -0.494 e. The van der Waals surface area contributed by atoms with E-state index in [1.54, 1.807) is 12.4 Å². The fourth-order valence-electron chi connectivity index (χ4n) is 3.63. The molecule has 0 saturated heterocycles. The van der Waals surface area contributed by atoms with Gasteiger partial charge in [0.05, 0.1) is 25.6 Å². The first-order valence-electron chi connectivity index (χ1n) is 12.4. The van der Waals surface area contributed by atoms with E-state index < -0.39 is 0 Å². The van der Waals surface area contributed by atoms with E-state index in [0.29, 0.717) is 5.82 Å². The van der Waals surface area contributed by atoms with Crippen LogP contribution < -0.4 is 9.47 Å². The van der Waals surface area contributed by atoms with Crippen LogP contribution in [-0.2, 0) is 0 Å². The van der Waals surface area contributed by atoms with Crippen molar-refractivity contribution < 1.29 is 9.47 Å². The quantitative estimate of drug-likeness (QED) is 0.241. The van der Waals surface area contributed by atoms with Crippen LogP contribution in [0.5, 0.6) is 11.5 Å². The van der Waals surface area contributed by atoms with E-state index >= 15 is 0 Å². The van der Waals surface area contributed by atoms with Crippen LogP contribution in [0.25, 0.3) is 11.4 Å². The second kappa shape index (κ2) is 15.7. The number of rotatable bonds is 17. The lowest BCUT2D eigenvalue weighted by Gasteiger charge is -2.11. The van der Waals surface area contributed by atoms with Crippen LogP contribution in [0.2, 0.25) is 0 Å². The van der Waals surface area contributed by atoms with Crippen molar-refractivity contribution in [2.45, 2.75) is 91.4 Å². The van der Waals surface area contributed by atoms with Gasteiger partial charge in [-0.3, -0.25) is 0 Å². The molecule has 0 amide bonds. The molecule has 4 heteroatoms. The Morgan fingerprint density at radius 1 is 0.677 bits per heavy atom. The number of ether oxygens (including phenoxy) is 2. The third-order valence-corrected chi connectivity index (χ3v) is 5.67. The molecule has 172 valence electrons. The van der Waals surface area contributed by atoms with Gasteiger partial charge in [0.2, 0.25) is 0 Å². The minimum absolute atomic E-state index is 0.711. The maximum atomic E-state index is 5.85. The maximum Gasteiger partial charge on any atom is 0.159 e. The van der Waals surface area contributed by atoms with Crippen molar-refractivity contribution >= 4 is 0 Å². The predicted octanol–water partition coefficient (Wildman–Crippen LogP) is 7.87. The van der Waals surface area contributed by atoms with Gasteiger partial charge in [0.1, 0.15) is 5.75 Å². The summed E-state index contributed by atoms with van der Waals surface area (Å²) in [5, 5.41) is 0. The normalized spacial score (nSPS) is 12.0. The van der Waals surface area contributed by atoms with E-state index in [0.717, 1.165) is 49.0 Å². The molecular weight excluding hydrogens is 384 g/mol. The fourth-order valence-corrected chi connectivity index (χ4v) is 3.63. The highest BCUT2D eigenvalue weighted by Crippen LogP contribution is 2.21. The first-order valence-corrected chi connectivity index (χ1v) is 12.4. The fraction of sp³-hybridized carbons (Fsp3) is 0.630. The molecule has 4 nitrogen and oxygen atoms in total. The minimum atomic E-state index is 0.711. The van der Waals surface area contributed by atoms with Gasteiger partial charge in [-0.15, -0.1) is 0 Å². The topological polar surface area (TPSA) is 44.2 Å². The zero-order chi connectivity index (χ0) is 22.2. The average molecular weight is 427 g/mol. The molecule has 0 bridgehead atoms. The second-order valence-corrected chi connectivity index (χ2v) is 8.62. The summed E-state index contributed by atoms with van der Waals surface area (Å²) >= 11 is 0. The SMILES string of the molecule is CCCCCCCCOc1ccc(-c2ncc(OCCCC(C)CCCC)cn2)cc1. The van der Waals surface area contributed by atoms with Crippen LogP contribution in [0.1, 0.15) is 91.4 Å². The number of hydrogen-bond donors (Lipinski definition) is 0. The summed E-state index contributed by atoms with van der Waals surface area (Å²) in [6.07, 6.45) is 17.4. The lowest BCUT2D eigenvalue weighted by molar-refractivity contribution is 0.289. The Morgan fingerprint density at radius 2 is 1.26 bits per heavy atom. The van der Waals surface area contributed by atoms with Crippen molar-refractivity contribution in [3.05, 3.63) is 36.7 Å². The zero-order valence-electron chi connectivity index (χ0n) is 19.9. The molecule has 0 N–H and O–H groups in total. The first kappa shape index (κ1) is 25.2. The highest BCUT2D eigenvalue weighted by atomic mass is 16.5. The Labute approximate surface area is 189 Å². The molecule has 1 atom stereocenters. The lowest BCUT2D eigenvalue weighted by Crippen LogP contribution is -2.02. The first-order chi connectivity index (χ1) is 15.2. The molecule has 0 aliphatic carbocycles. The molecular formula is C27H42N2O2. The van der Waals surface area contributed by atoms with Gasteiger partial charge in [0.15, 0.2) is 11.6 Å². The van der Waals surface area contributed by atoms with Crippen molar-refractivity contribution in [3.8, 4) is 22.9 Å². The number of benzene rings is 1. The average Bonchev–Trinajstić information content (AvgIpc) is 2.81. The molecule has 31 heavy (non-hydrogen) atoms. The Hall–Kier alpha value is -2.10. The summed E-state index contributed by atoms with van der Waals surface area (Å²) in [5.74, 6) is 3.14. The Kier molecular flexibility index (Phi) is 12.7. The Bertz CT molecular complexity index is 685. The van der Waals surface area contributed by atoms with Crippen molar-refractivity contribution in [1.82, 2.24) is 9.97 Å². The highest BCUT2D eigenvalue weighted by Gasteiger charge is 2.05. The molecule has 0 fully saturated rings. The molecule has 1 heterocycles. The van der Waals surface area contributed by atoms with Crippen molar-refractivity contribution in [2.75, 3.05) is 13.2 Å². The molecule has 0 aliphatic heterocycles. The highest BCUT2D eigenvalue weighted by molar-refractivity contribution is 5.56. The van der Waals surface area contributed by atoms with Crippen molar-refractivity contribution in [2.24, 2.45) is 5.92 Å². The van der Waals surface area contributed by atoms with Gasteiger partial charge in [-0.1, -0.05) is 72.1 Å². The van der Waals surface area contributed by atoms with Crippen LogP contribution in [0, 0.1) is 5.92 Å². The van der Waals surface area contributed by atoms with Crippen molar-refractivity contribution in [1.29, 1.82) is 0 Å². The van der Waals surface area contributed by atoms with E-state index in [4.69, 9.17) is 9.47 Å². The summed E-state index contributed by atoms with van der Waals surface area (Å²) in [5.41, 5.74) is 0.989. The van der Waals surface area contributed by atoms with Crippen LogP contribution in [0.4, 0.5) is 0 Å². The van der Waals surface area contributed by atoms with E-state index in [1.165, 1.54) is 57.8 Å². The van der Waals surface area contributed by atoms with E-state index in [2.05, 4.69) is 30.7 Å². The van der Waals surface area contributed by atoms with Gasteiger partial charge in [-0.25, -0.2) is 9.97 Å². The standard InChI is InChI=1S/C27H42N2O2/c1-4-6-8-9-10-11-19-30-25-17-15-24(16-18-25)27-28-21-26(22-29-27)31-20-12-14-23(3)13-7-5-2/h15-18,21-23H,4-14,19-20H2,1-3H3. The molecule has 2 rings (SSSR count). The molecule has 0 spiro atoms. The van der Waals surface area contributed by atoms with E-state index in [1.807, 2.05) is 24.3 Å². The molecule has 0 aliphatic rings. The smallest absolute Gasteiger partial charge is 0.159 e. The monoisotopic (exact) mass is 426 g/mol. The summed E-state index contributed by atoms with van der Waals surface area (Å²) in [7, 11) is 0. The summed E-state index contributed by atoms with van der Waals surface area (Å²) in [6.45, 7) is 8.34. The van der Waals surface area contributed by atoms with Crippen molar-refractivity contribution in [3.63, 3.8) is 0 Å². The van der Waals surface area contributed by atoms with Gasteiger partial charge in [0, 0.05) is 5.56 Å². The van der Waals surface area contributed by atoms with Gasteiger partial charge in [-0.2, -0.15) is 0 Å². The molecule has 2 aromatic rings. The summed E-state index contributed by atoms with van der Waals surface area (Å²) < 4.78 is 11.7. The van der Waals surface area contributed by atoms with Crippen LogP contribution in [0.3, 0.4) is 0 Å². The number of aromatic nitrogens is 2. The van der Waals surface area contributed by atoms with E-state index in [9.17, 15) is 0 Å². The van der Waals surface area contributed by atoms with Crippen LogP contribution in [-0.4, -0.2) is 23.2 Å². The summed E-state index contributed by atoms with van der Waals surface area (Å²) in [6, 6.07) is 8.04. The predicted molar refractivity (Wildman–Crippen MR) is 130 cm³/mol. The summed E-state index contributed by atoms with van der Waals surface area (Å²) in [4.78, 5) is 8.93. The molecule has 1 unspecified atom stereocenters. The third kappa shape index (κ3) is 10.7. The largest absolute Gasteiger partial charge is 0.494 e. The number of unbranched alkanes of at least 4 members (excludes halogenated alkanes) is 6. The van der Waals surface area contributed by atoms with E-state index in [-0.39, 0.29) is 0 Å². The number of nitrogens with zero attached hydrogens (tertiary/aromatic N) is 2. The third-order valence-electron chi connectivity index (χ3n) is 5.67. The molecule has 0 saturated carbocycles. The van der Waals surface area contributed by atoms with Crippen LogP contribution in [0.15, 0.2) is 36.7 Å². The molecule has 0 radical (unpaired) electrons. The molecule has 1 aromatic carbocycles. The number of hydrogen-bond acceptors (Lipinski definition) is 4. The second-order valence-electron chi connectivity index (χ2n) is 8.62. The van der Waals surface area contributed by atoms with Gasteiger partial charge >= 0.3 is 0 Å². The maximum absolute atomic E-state index is 5.85. The van der Waals surface area contributed by atoms with Gasteiger partial charge in [0.25, 0.3) is 0 Å². The molecule has 1 aromatic heterocycles. The van der Waals surface area contributed by atoms with Gasteiger partial charge in [-0.05, 0) is 49.4 Å². The van der Waals surface area contributed by atoms with Gasteiger partial charge < -0.3 is 9.47 Å². The van der Waals surface area contributed by atoms with Crippen LogP contribution >= 0.6 is 0 Å². The lowest BCUT2D eigenvalue weighted by atomic mass is 9.99.